The summed E-state index contributed by atoms with van der Waals surface area (Å²) in [4.78, 5) is 0. The first-order chi connectivity index (χ1) is 26.0. The molecule has 0 amide bonds. The summed E-state index contributed by atoms with van der Waals surface area (Å²) in [5, 5.41) is 5.49. The average Bonchev–Trinajstić information content (AvgIpc) is 3.75. The molecule has 2 heterocycles. The van der Waals surface area contributed by atoms with Gasteiger partial charge in [0.25, 0.3) is 0 Å². The minimum absolute atomic E-state index is 1.20. The van der Waals surface area contributed by atoms with Crippen LogP contribution in [0.4, 0.5) is 0 Å². The molecule has 0 N–H and O–H groups in total. The molecule has 12 heteroatoms. The Kier molecular flexibility index (Phi) is 8.12. The van der Waals surface area contributed by atoms with Crippen LogP contribution in [0.15, 0.2) is 109 Å². The van der Waals surface area contributed by atoms with Crippen molar-refractivity contribution < 1.29 is 0 Å². The predicted molar refractivity (Wildman–Crippen MR) is 268 cm³/mol. The van der Waals surface area contributed by atoms with Crippen molar-refractivity contribution in [3.63, 3.8) is 0 Å². The fraction of sp³-hybridized carbons (Fsp3) is 0. The minimum Gasteiger partial charge on any atom is -0.310 e. The average molecular weight is 679 g/mol. The molecule has 0 bridgehead atoms. The van der Waals surface area contributed by atoms with Crippen LogP contribution in [0.2, 0.25) is 0 Å². The van der Waals surface area contributed by atoms with Crippen LogP contribution in [0.3, 0.4) is 0 Å². The maximum Gasteiger partial charge on any atom is 0.141 e. The van der Waals surface area contributed by atoms with Crippen molar-refractivity contribution in [2.24, 2.45) is 0 Å². The van der Waals surface area contributed by atoms with Crippen LogP contribution in [0.25, 0.3) is 77.2 Å². The third-order valence-electron chi connectivity index (χ3n) is 13.2. The largest absolute Gasteiger partial charge is 0.310 e. The normalized spacial score (nSPS) is 11.7. The van der Waals surface area contributed by atoms with E-state index < -0.39 is 0 Å². The molecule has 0 aliphatic rings. The lowest BCUT2D eigenvalue weighted by Gasteiger charge is -2.17. The third kappa shape index (κ3) is 4.81. The van der Waals surface area contributed by atoms with E-state index in [1.165, 1.54) is 132 Å². The Bertz CT molecular complexity index is 2800. The summed E-state index contributed by atoms with van der Waals surface area (Å²) >= 11 is 0. The summed E-state index contributed by atoms with van der Waals surface area (Å²) in [5.74, 6) is 0. The van der Waals surface area contributed by atoms with E-state index >= 15 is 0 Å². The highest BCUT2D eigenvalue weighted by Crippen LogP contribution is 2.39. The van der Waals surface area contributed by atoms with Gasteiger partial charge in [-0.05, 0) is 46.5 Å². The topological polar surface area (TPSA) is 9.86 Å². The van der Waals surface area contributed by atoms with Crippen molar-refractivity contribution in [1.82, 2.24) is 9.13 Å². The first kappa shape index (κ1) is 34.6. The van der Waals surface area contributed by atoms with Gasteiger partial charge in [-0.25, -0.2) is 0 Å². The Morgan fingerprint density at radius 1 is 0.241 bits per heavy atom. The smallest absolute Gasteiger partial charge is 0.141 e. The third-order valence-corrected chi connectivity index (χ3v) is 13.2. The zero-order valence-corrected chi connectivity index (χ0v) is 33.3. The van der Waals surface area contributed by atoms with Crippen molar-refractivity contribution in [1.29, 1.82) is 0 Å². The number of hydrogen-bond acceptors (Lipinski definition) is 0. The van der Waals surface area contributed by atoms with Gasteiger partial charge < -0.3 is 9.13 Å². The highest BCUT2D eigenvalue weighted by molar-refractivity contribution is 6.71. The monoisotopic (exact) mass is 680 g/mol. The number of aromatic nitrogens is 2. The molecule has 9 aromatic rings. The van der Waals surface area contributed by atoms with Crippen molar-refractivity contribution in [3.05, 3.63) is 109 Å². The van der Waals surface area contributed by atoms with Crippen molar-refractivity contribution in [2.45, 2.75) is 0 Å². The zero-order valence-electron chi connectivity index (χ0n) is 33.3. The Morgan fingerprint density at radius 3 is 0.833 bits per heavy atom. The van der Waals surface area contributed by atoms with Crippen molar-refractivity contribution in [2.75, 3.05) is 0 Å². The highest BCUT2D eigenvalue weighted by Gasteiger charge is 2.28. The minimum atomic E-state index is 1.20. The van der Waals surface area contributed by atoms with Gasteiger partial charge in [0.1, 0.15) is 78.5 Å². The molecule has 0 saturated heterocycles. The van der Waals surface area contributed by atoms with E-state index in [0.29, 0.717) is 0 Å². The molecule has 0 saturated carbocycles. The van der Waals surface area contributed by atoms with Gasteiger partial charge in [-0.1, -0.05) is 129 Å². The number of benzene rings is 7. The van der Waals surface area contributed by atoms with E-state index in [4.69, 9.17) is 0 Å². The Hall–Kier alpha value is -5.21. The summed E-state index contributed by atoms with van der Waals surface area (Å²) in [6, 6.07) is 39.9. The van der Waals surface area contributed by atoms with E-state index in [2.05, 4.69) is 197 Å². The standard InChI is InChI=1S/C42H38B10N2/c43-29-27-25-26-28-30(44)32(46)34(48)36(50)42(28)54(24-17-13-22(14-18-24)20-9-5-2-6-10-20)40(26)38(52)37(51)39(25)53(41(27)35(49)33(47)31(29)45)23-15-11-21(12-16-23)19-7-3-1-4-8-19/h1-18H,43-52H2. The van der Waals surface area contributed by atoms with Gasteiger partial charge in [0, 0.05) is 55.0 Å². The second kappa shape index (κ2) is 12.7. The number of fused-ring (bicyclic) bond motifs is 7. The molecule has 54 heavy (non-hydrogen) atoms. The van der Waals surface area contributed by atoms with Crippen molar-refractivity contribution >= 4 is 177 Å². The van der Waals surface area contributed by atoms with E-state index in [-0.39, 0.29) is 0 Å². The molecule has 0 fully saturated rings. The molecule has 0 aliphatic carbocycles. The van der Waals surface area contributed by atoms with Gasteiger partial charge in [0.05, 0.1) is 0 Å². The summed E-state index contributed by atoms with van der Waals surface area (Å²) < 4.78 is 5.19. The molecule has 0 radical (unpaired) electrons. The first-order valence-electron chi connectivity index (χ1n) is 19.3. The Labute approximate surface area is 327 Å². The molecule has 0 aliphatic heterocycles. The summed E-state index contributed by atoms with van der Waals surface area (Å²) in [5.41, 5.74) is 26.2. The van der Waals surface area contributed by atoms with E-state index in [1.807, 2.05) is 0 Å². The van der Waals surface area contributed by atoms with Gasteiger partial charge in [-0.2, -0.15) is 0 Å². The van der Waals surface area contributed by atoms with Gasteiger partial charge in [0.2, 0.25) is 0 Å². The lowest BCUT2D eigenvalue weighted by Crippen LogP contribution is -2.48. The van der Waals surface area contributed by atoms with Crippen LogP contribution in [-0.4, -0.2) is 87.6 Å². The summed E-state index contributed by atoms with van der Waals surface area (Å²) in [7, 11) is 23.3. The van der Waals surface area contributed by atoms with E-state index in [0.717, 1.165) is 0 Å². The molecule has 0 spiro atoms. The number of rotatable bonds is 4. The van der Waals surface area contributed by atoms with Gasteiger partial charge in [-0.3, -0.25) is 0 Å². The van der Waals surface area contributed by atoms with E-state index in [9.17, 15) is 0 Å². The van der Waals surface area contributed by atoms with Crippen LogP contribution < -0.4 is 54.6 Å². The lowest BCUT2D eigenvalue weighted by molar-refractivity contribution is 1.19. The SMILES string of the molecule is Bc1c(B)c(B)c2c(c1B)c1c3c4c(B)c(B)c(B)c(B)c4n(-c4ccc(-c5ccccc5)cc4)c3c(B)c(B)c1n2-c1ccc(-c2ccccc2)cc1. The van der Waals surface area contributed by atoms with Crippen LogP contribution in [-0.2, 0) is 0 Å². The Morgan fingerprint density at radius 2 is 0.500 bits per heavy atom. The van der Waals surface area contributed by atoms with Crippen LogP contribution >= 0.6 is 0 Å². The Balaban J connectivity index is 1.48. The highest BCUT2D eigenvalue weighted by atomic mass is 15.0. The fourth-order valence-electron chi connectivity index (χ4n) is 9.38. The molecule has 0 unspecified atom stereocenters. The van der Waals surface area contributed by atoms with Gasteiger partial charge in [-0.15, -0.1) is 10.9 Å². The maximum atomic E-state index is 2.59. The molecule has 246 valence electrons. The molecule has 7 aromatic carbocycles. The van der Waals surface area contributed by atoms with Crippen LogP contribution in [0.1, 0.15) is 0 Å². The van der Waals surface area contributed by atoms with Crippen molar-refractivity contribution in [3.8, 4) is 33.6 Å². The summed E-state index contributed by atoms with van der Waals surface area (Å²) in [6.45, 7) is 0. The number of hydrogen-bond donors (Lipinski definition) is 0. The first-order valence-corrected chi connectivity index (χ1v) is 19.3. The fourth-order valence-corrected chi connectivity index (χ4v) is 9.38. The predicted octanol–water partition coefficient (Wildman–Crippen LogP) is -6.20. The molecular weight excluding hydrogens is 641 g/mol. The second-order valence-corrected chi connectivity index (χ2v) is 15.6. The molecule has 9 rings (SSSR count). The second-order valence-electron chi connectivity index (χ2n) is 15.6. The van der Waals surface area contributed by atoms with Crippen LogP contribution in [0.5, 0.6) is 0 Å². The molecule has 0 atom stereocenters. The van der Waals surface area contributed by atoms with Gasteiger partial charge in [0.15, 0.2) is 0 Å². The van der Waals surface area contributed by atoms with Crippen LogP contribution in [0, 0.1) is 0 Å². The molecule has 2 aromatic heterocycles. The maximum absolute atomic E-state index is 2.59. The zero-order chi connectivity index (χ0) is 37.7. The van der Waals surface area contributed by atoms with E-state index in [1.54, 1.807) is 0 Å². The molecular formula is C42H38B10N2. The van der Waals surface area contributed by atoms with Gasteiger partial charge >= 0.3 is 0 Å². The number of nitrogens with zero attached hydrogens (tertiary/aromatic N) is 2. The quantitative estimate of drug-likeness (QED) is 0.164. The molecule has 2 nitrogen and oxygen atoms in total. The lowest BCUT2D eigenvalue weighted by atomic mass is 9.64. The summed E-state index contributed by atoms with van der Waals surface area (Å²) in [6.07, 6.45) is 0.